The molecule has 1 aliphatic rings. The second kappa shape index (κ2) is 15.4. The van der Waals surface area contributed by atoms with Gasteiger partial charge in [0.15, 0.2) is 6.61 Å². The van der Waals surface area contributed by atoms with Crippen LogP contribution in [-0.2, 0) is 16.1 Å². The topological polar surface area (TPSA) is 97.0 Å². The fourth-order valence-electron chi connectivity index (χ4n) is 2.54. The van der Waals surface area contributed by atoms with E-state index >= 15 is 0 Å². The van der Waals surface area contributed by atoms with Crippen molar-refractivity contribution < 1.29 is 18.7 Å². The summed E-state index contributed by atoms with van der Waals surface area (Å²) in [6, 6.07) is 13.2. The SMILES string of the molecule is C=CN.CNC(C)=O.O=C(COc1ccc(Cl)cc1)N1CCC(=NCc2ccc(F)cc2)C1. The Bertz CT molecular complexity index is 918. The number of carbonyl (C=O) groups is 2. The van der Waals surface area contributed by atoms with E-state index in [1.807, 2.05) is 0 Å². The number of rotatable bonds is 5. The number of ether oxygens (including phenoxy) is 1. The van der Waals surface area contributed by atoms with Crippen molar-refractivity contribution in [2.24, 2.45) is 10.7 Å². The van der Waals surface area contributed by atoms with E-state index in [2.05, 4.69) is 22.6 Å². The van der Waals surface area contributed by atoms with E-state index in [0.29, 0.717) is 30.4 Å². The summed E-state index contributed by atoms with van der Waals surface area (Å²) in [5.74, 6) is 0.295. The van der Waals surface area contributed by atoms with E-state index in [-0.39, 0.29) is 24.2 Å². The van der Waals surface area contributed by atoms with Gasteiger partial charge >= 0.3 is 0 Å². The van der Waals surface area contributed by atoms with Crippen molar-refractivity contribution in [3.8, 4) is 5.75 Å². The number of nitrogens with zero attached hydrogens (tertiary/aromatic N) is 2. The zero-order valence-electron chi connectivity index (χ0n) is 18.9. The van der Waals surface area contributed by atoms with Gasteiger partial charge in [-0.15, -0.1) is 0 Å². The molecule has 3 rings (SSSR count). The molecule has 3 N–H and O–H groups in total. The van der Waals surface area contributed by atoms with Crippen LogP contribution in [0.5, 0.6) is 5.75 Å². The molecular weight excluding hydrogens is 447 g/mol. The summed E-state index contributed by atoms with van der Waals surface area (Å²) in [4.78, 5) is 28.2. The Hall–Kier alpha value is -3.39. The van der Waals surface area contributed by atoms with Crippen LogP contribution in [0, 0.1) is 5.82 Å². The van der Waals surface area contributed by atoms with E-state index in [9.17, 15) is 14.0 Å². The molecule has 0 aromatic heterocycles. The van der Waals surface area contributed by atoms with Crippen LogP contribution in [0.15, 0.2) is 66.3 Å². The molecule has 1 fully saturated rings. The fourth-order valence-corrected chi connectivity index (χ4v) is 2.67. The van der Waals surface area contributed by atoms with Gasteiger partial charge in [-0.05, 0) is 48.2 Å². The molecule has 0 bridgehead atoms. The molecule has 0 spiro atoms. The summed E-state index contributed by atoms with van der Waals surface area (Å²) in [5, 5.41) is 3.01. The number of hydrogen-bond donors (Lipinski definition) is 2. The molecule has 0 radical (unpaired) electrons. The minimum absolute atomic E-state index is 0.00463. The van der Waals surface area contributed by atoms with Gasteiger partial charge in [-0.25, -0.2) is 4.39 Å². The number of nitrogens with one attached hydrogen (secondary N) is 1. The van der Waals surface area contributed by atoms with Crippen LogP contribution < -0.4 is 15.8 Å². The zero-order valence-corrected chi connectivity index (χ0v) is 19.6. The van der Waals surface area contributed by atoms with Crippen molar-refractivity contribution in [1.82, 2.24) is 10.2 Å². The van der Waals surface area contributed by atoms with E-state index in [1.165, 1.54) is 25.3 Å². The molecule has 2 aromatic carbocycles. The highest BCUT2D eigenvalue weighted by molar-refractivity contribution is 6.30. The molecular formula is C24H30ClFN4O3. The third-order valence-corrected chi connectivity index (χ3v) is 4.57. The number of amides is 2. The van der Waals surface area contributed by atoms with E-state index in [0.717, 1.165) is 17.7 Å². The first-order valence-electron chi connectivity index (χ1n) is 10.2. The normalized spacial score (nSPS) is 13.2. The Kier molecular flexibility index (Phi) is 12.9. The van der Waals surface area contributed by atoms with Crippen LogP contribution in [0.3, 0.4) is 0 Å². The lowest BCUT2D eigenvalue weighted by Crippen LogP contribution is -2.33. The molecule has 2 aromatic rings. The van der Waals surface area contributed by atoms with Crippen LogP contribution in [-0.4, -0.2) is 49.2 Å². The van der Waals surface area contributed by atoms with Crippen LogP contribution in [0.25, 0.3) is 0 Å². The van der Waals surface area contributed by atoms with Crippen LogP contribution in [0.2, 0.25) is 5.02 Å². The van der Waals surface area contributed by atoms with Gasteiger partial charge in [0.05, 0.1) is 13.1 Å². The molecule has 1 aliphatic heterocycles. The third kappa shape index (κ3) is 11.7. The van der Waals surface area contributed by atoms with E-state index < -0.39 is 0 Å². The minimum atomic E-state index is -0.255. The number of halogens is 2. The summed E-state index contributed by atoms with van der Waals surface area (Å²) in [5.41, 5.74) is 6.54. The second-order valence-corrected chi connectivity index (χ2v) is 7.30. The summed E-state index contributed by atoms with van der Waals surface area (Å²) in [6.45, 7) is 6.26. The van der Waals surface area contributed by atoms with Crippen molar-refractivity contribution in [3.05, 3.63) is 77.7 Å². The molecule has 9 heteroatoms. The summed E-state index contributed by atoms with van der Waals surface area (Å²) in [6.07, 6.45) is 2.01. The van der Waals surface area contributed by atoms with Gasteiger partial charge in [-0.1, -0.05) is 30.3 Å². The Morgan fingerprint density at radius 3 is 2.36 bits per heavy atom. The first kappa shape index (κ1) is 27.6. The summed E-state index contributed by atoms with van der Waals surface area (Å²) < 4.78 is 18.4. The number of aliphatic imine (C=N–C) groups is 1. The van der Waals surface area contributed by atoms with Crippen molar-refractivity contribution in [2.75, 3.05) is 26.7 Å². The van der Waals surface area contributed by atoms with E-state index in [1.54, 1.807) is 48.3 Å². The van der Waals surface area contributed by atoms with Gasteiger partial charge in [0, 0.05) is 37.7 Å². The molecule has 1 saturated heterocycles. The number of nitrogens with two attached hydrogens (primary N) is 1. The lowest BCUT2D eigenvalue weighted by atomic mass is 10.2. The first-order chi connectivity index (χ1) is 15.8. The van der Waals surface area contributed by atoms with E-state index in [4.69, 9.17) is 16.3 Å². The number of likely N-dealkylation sites (tertiary alicyclic amines) is 1. The Morgan fingerprint density at radius 1 is 1.24 bits per heavy atom. The van der Waals surface area contributed by atoms with Gasteiger partial charge in [0.1, 0.15) is 11.6 Å². The van der Waals surface area contributed by atoms with Gasteiger partial charge in [-0.2, -0.15) is 0 Å². The molecule has 0 saturated carbocycles. The number of hydrogen-bond acceptors (Lipinski definition) is 5. The number of benzene rings is 2. The maximum Gasteiger partial charge on any atom is 0.260 e. The highest BCUT2D eigenvalue weighted by Crippen LogP contribution is 2.16. The van der Waals surface area contributed by atoms with Gasteiger partial charge in [-0.3, -0.25) is 14.6 Å². The molecule has 7 nitrogen and oxygen atoms in total. The third-order valence-electron chi connectivity index (χ3n) is 4.32. The minimum Gasteiger partial charge on any atom is -0.484 e. The molecule has 0 atom stereocenters. The lowest BCUT2D eigenvalue weighted by molar-refractivity contribution is -0.132. The van der Waals surface area contributed by atoms with Crippen molar-refractivity contribution >= 4 is 29.1 Å². The Balaban J connectivity index is 0.000000591. The fraction of sp³-hybridized carbons (Fsp3) is 0.292. The quantitative estimate of drug-likeness (QED) is 0.689. The Morgan fingerprint density at radius 2 is 1.82 bits per heavy atom. The Labute approximate surface area is 199 Å². The smallest absolute Gasteiger partial charge is 0.260 e. The van der Waals surface area contributed by atoms with Crippen LogP contribution in [0.1, 0.15) is 18.9 Å². The monoisotopic (exact) mass is 476 g/mol. The van der Waals surface area contributed by atoms with Gasteiger partial charge in [0.2, 0.25) is 5.91 Å². The maximum absolute atomic E-state index is 12.9. The molecule has 178 valence electrons. The second-order valence-electron chi connectivity index (χ2n) is 6.86. The maximum atomic E-state index is 12.9. The number of carbonyl (C=O) groups excluding carboxylic acids is 2. The van der Waals surface area contributed by atoms with Crippen LogP contribution in [0.4, 0.5) is 4.39 Å². The molecule has 33 heavy (non-hydrogen) atoms. The highest BCUT2D eigenvalue weighted by atomic mass is 35.5. The molecule has 0 aliphatic carbocycles. The predicted octanol–water partition coefficient (Wildman–Crippen LogP) is 3.57. The molecule has 0 unspecified atom stereocenters. The van der Waals surface area contributed by atoms with Gasteiger partial charge in [0.25, 0.3) is 5.91 Å². The largest absolute Gasteiger partial charge is 0.484 e. The lowest BCUT2D eigenvalue weighted by Gasteiger charge is -2.15. The van der Waals surface area contributed by atoms with Crippen LogP contribution >= 0.6 is 11.6 Å². The highest BCUT2D eigenvalue weighted by Gasteiger charge is 2.22. The summed E-state index contributed by atoms with van der Waals surface area (Å²) in [7, 11) is 1.60. The molecule has 1 heterocycles. The standard InChI is InChI=1S/C19H18ClFN2O2.C3H7NO.C2H5N/c20-15-3-7-18(8-4-15)25-13-19(24)23-10-9-17(12-23)22-11-14-1-5-16(21)6-2-14;1-3(5)4-2;1-2-3/h1-8H,9-13H2;1-2H3,(H,4,5);2H,1,3H2. The van der Waals surface area contributed by atoms with Crippen molar-refractivity contribution in [3.63, 3.8) is 0 Å². The van der Waals surface area contributed by atoms with Crippen molar-refractivity contribution in [2.45, 2.75) is 19.9 Å². The summed E-state index contributed by atoms with van der Waals surface area (Å²) >= 11 is 5.81. The van der Waals surface area contributed by atoms with Gasteiger partial charge < -0.3 is 20.7 Å². The van der Waals surface area contributed by atoms with Crippen molar-refractivity contribution in [1.29, 1.82) is 0 Å². The zero-order chi connectivity index (χ0) is 24.6. The average Bonchev–Trinajstić information content (AvgIpc) is 3.28. The molecule has 2 amide bonds. The predicted molar refractivity (Wildman–Crippen MR) is 130 cm³/mol. The average molecular weight is 477 g/mol. The first-order valence-corrected chi connectivity index (χ1v) is 10.6.